The molecule has 16 heteroatoms. The fourth-order valence-electron chi connectivity index (χ4n) is 4.51. The van der Waals surface area contributed by atoms with E-state index >= 15 is 0 Å². The van der Waals surface area contributed by atoms with Gasteiger partial charge in [0.25, 0.3) is 5.91 Å². The average molecular weight is 698 g/mol. The van der Waals surface area contributed by atoms with Crippen molar-refractivity contribution in [1.82, 2.24) is 25.3 Å². The Balaban J connectivity index is 0.000000635. The highest BCUT2D eigenvalue weighted by molar-refractivity contribution is 6.32. The molecule has 1 atom stereocenters. The lowest BCUT2D eigenvalue weighted by Gasteiger charge is -2.24. The number of nitrogens with one attached hydrogen (secondary N) is 2. The molecule has 0 saturated carbocycles. The number of carboxylic acids is 1. The molecule has 1 fully saturated rings. The third-order valence-corrected chi connectivity index (χ3v) is 7.30. The number of nitrogens with zero attached hydrogens (tertiary/aromatic N) is 5. The van der Waals surface area contributed by atoms with Crippen LogP contribution in [0.5, 0.6) is 5.75 Å². The summed E-state index contributed by atoms with van der Waals surface area (Å²) in [5.74, 6) is -1.15. The van der Waals surface area contributed by atoms with Crippen molar-refractivity contribution >= 4 is 47.2 Å². The van der Waals surface area contributed by atoms with Gasteiger partial charge in [0.1, 0.15) is 23.0 Å². The highest BCUT2D eigenvalue weighted by Crippen LogP contribution is 2.28. The van der Waals surface area contributed by atoms with E-state index in [1.54, 1.807) is 35.5 Å². The molecule has 1 aliphatic heterocycles. The van der Waals surface area contributed by atoms with Crippen LogP contribution in [0.15, 0.2) is 55.0 Å². The summed E-state index contributed by atoms with van der Waals surface area (Å²) >= 11 is 6.26. The lowest BCUT2D eigenvalue weighted by molar-refractivity contribution is -0.143. The van der Waals surface area contributed by atoms with E-state index in [4.69, 9.17) is 26.2 Å². The molecule has 1 aliphatic rings. The molecule has 0 unspecified atom stereocenters. The first kappa shape index (κ1) is 38.1. The number of anilines is 2. The van der Waals surface area contributed by atoms with E-state index < -0.39 is 24.1 Å². The zero-order chi connectivity index (χ0) is 35.6. The number of ether oxygens (including phenoxy) is 3. The van der Waals surface area contributed by atoms with E-state index in [1.807, 2.05) is 6.07 Å². The molecule has 49 heavy (non-hydrogen) atoms. The number of rotatable bonds is 15. The molecule has 2 aromatic heterocycles. The number of unbranched alkanes of at least 4 members (excludes halogenated alkanes) is 2. The second-order valence-electron chi connectivity index (χ2n) is 10.5. The lowest BCUT2D eigenvalue weighted by atomic mass is 10.2. The number of carbonyl (C=O) groups excluding carboxylic acids is 3. The number of halogens is 1. The molecule has 1 aromatic carbocycles. The molecule has 3 N–H and O–H groups in total. The third kappa shape index (κ3) is 12.7. The Bertz CT molecular complexity index is 1590. The number of hydrogen-bond donors (Lipinski definition) is 3. The van der Waals surface area contributed by atoms with E-state index in [9.17, 15) is 19.2 Å². The molecule has 4 rings (SSSR count). The van der Waals surface area contributed by atoms with Crippen LogP contribution in [0.4, 0.5) is 11.8 Å². The van der Waals surface area contributed by atoms with Crippen LogP contribution < -0.4 is 20.3 Å². The van der Waals surface area contributed by atoms with Crippen molar-refractivity contribution in [3.63, 3.8) is 0 Å². The van der Waals surface area contributed by atoms with E-state index in [2.05, 4.69) is 42.2 Å². The maximum atomic E-state index is 13.1. The molecule has 0 bridgehead atoms. The Morgan fingerprint density at radius 3 is 2.53 bits per heavy atom. The van der Waals surface area contributed by atoms with Gasteiger partial charge in [-0.15, -0.1) is 0 Å². The minimum atomic E-state index is -1.26. The number of carboxylic acid groups (broad SMARTS) is 1. The second-order valence-corrected chi connectivity index (χ2v) is 10.9. The largest absolute Gasteiger partial charge is 0.495 e. The molecule has 0 aliphatic carbocycles. The van der Waals surface area contributed by atoms with Crippen molar-refractivity contribution in [2.75, 3.05) is 31.0 Å². The molecular weight excluding hydrogens is 658 g/mol. The molecule has 1 amide bonds. The number of methoxy groups -OCH3 is 2. The molecule has 0 spiro atoms. The first-order valence-corrected chi connectivity index (χ1v) is 15.9. The molecule has 3 heterocycles. The maximum Gasteiger partial charge on any atom is 0.332 e. The lowest BCUT2D eigenvalue weighted by Crippen LogP contribution is -2.35. The minimum Gasteiger partial charge on any atom is -0.495 e. The molecule has 15 nitrogen and oxygen atoms in total. The molecule has 262 valence electrons. The van der Waals surface area contributed by atoms with E-state index in [-0.39, 0.29) is 36.4 Å². The molecule has 1 saturated heterocycles. The number of esters is 2. The van der Waals surface area contributed by atoms with E-state index in [1.165, 1.54) is 20.4 Å². The summed E-state index contributed by atoms with van der Waals surface area (Å²) in [5, 5.41) is 15.1. The van der Waals surface area contributed by atoms with Crippen molar-refractivity contribution in [3.8, 4) is 5.75 Å². The predicted molar refractivity (Wildman–Crippen MR) is 180 cm³/mol. The van der Waals surface area contributed by atoms with Crippen LogP contribution in [0.25, 0.3) is 0 Å². The fourth-order valence-corrected chi connectivity index (χ4v) is 4.80. The van der Waals surface area contributed by atoms with Crippen LogP contribution in [-0.4, -0.2) is 75.8 Å². The molecular formula is C33H40ClN7O8. The number of benzene rings is 1. The number of aromatic nitrogens is 4. The van der Waals surface area contributed by atoms with Gasteiger partial charge in [-0.2, -0.15) is 4.98 Å². The highest BCUT2D eigenvalue weighted by Gasteiger charge is 2.30. The summed E-state index contributed by atoms with van der Waals surface area (Å²) in [6.45, 7) is 2.98. The Kier molecular flexibility index (Phi) is 15.7. The van der Waals surface area contributed by atoms with Gasteiger partial charge < -0.3 is 34.9 Å². The number of amides is 1. The normalized spacial score (nSPS) is 13.6. The Morgan fingerprint density at radius 2 is 1.86 bits per heavy atom. The van der Waals surface area contributed by atoms with E-state index in [0.29, 0.717) is 48.5 Å². The maximum absolute atomic E-state index is 13.1. The van der Waals surface area contributed by atoms with Crippen LogP contribution in [0.2, 0.25) is 5.02 Å². The SMILES string of the molecule is CCCCCC(=O)OC.COc1ccc(CNc2nc(N3CCC[C@@H]3OC(=O)/C=C/C(=O)O)ncc2C(=O)NCc2ncccn2)cc1Cl. The smallest absolute Gasteiger partial charge is 0.332 e. The summed E-state index contributed by atoms with van der Waals surface area (Å²) in [4.78, 5) is 65.2. The highest BCUT2D eigenvalue weighted by atomic mass is 35.5. The molecule has 3 aromatic rings. The summed E-state index contributed by atoms with van der Waals surface area (Å²) in [7, 11) is 2.95. The van der Waals surface area contributed by atoms with Crippen LogP contribution in [0.3, 0.4) is 0 Å². The van der Waals surface area contributed by atoms with Gasteiger partial charge in [-0.05, 0) is 36.6 Å². The zero-order valence-corrected chi connectivity index (χ0v) is 28.3. The minimum absolute atomic E-state index is 0.0940. The second kappa shape index (κ2) is 20.1. The van der Waals surface area contributed by atoms with Gasteiger partial charge in [0, 0.05) is 56.7 Å². The monoisotopic (exact) mass is 697 g/mol. The van der Waals surface area contributed by atoms with Gasteiger partial charge >= 0.3 is 17.9 Å². The first-order chi connectivity index (χ1) is 23.6. The number of aliphatic carboxylic acids is 1. The topological polar surface area (TPSA) is 195 Å². The summed E-state index contributed by atoms with van der Waals surface area (Å²) in [6.07, 6.45) is 10.4. The Morgan fingerprint density at radius 1 is 1.08 bits per heavy atom. The summed E-state index contributed by atoms with van der Waals surface area (Å²) < 4.78 is 15.1. The standard InChI is InChI=1S/C26H26ClN7O6.C7H14O2/c1-39-19-6-5-16(12-18(19)27)13-30-24-17(25(38)31-15-20-28-9-3-10-29-20)14-32-26(33-24)34-11-2-4-21(34)40-23(37)8-7-22(35)36;1-3-4-5-6-7(8)9-2/h3,5-10,12,14,21H,2,4,11,13,15H2,1H3,(H,31,38)(H,35,36)(H,30,32,33);3-6H2,1-2H3/b8-7+;/t21-;/m0./s1. The molecule has 0 radical (unpaired) electrons. The number of hydrogen-bond acceptors (Lipinski definition) is 13. The Labute approximate surface area is 289 Å². The van der Waals surface area contributed by atoms with Crippen molar-refractivity contribution in [1.29, 1.82) is 0 Å². The van der Waals surface area contributed by atoms with Crippen LogP contribution in [0.1, 0.15) is 67.2 Å². The number of carbonyl (C=O) groups is 4. The fraction of sp³-hybridized carbons (Fsp3) is 0.394. The van der Waals surface area contributed by atoms with Gasteiger partial charge in [-0.25, -0.2) is 24.5 Å². The Hall–Kier alpha value is -5.31. The predicted octanol–water partition coefficient (Wildman–Crippen LogP) is 4.32. The van der Waals surface area contributed by atoms with Crippen molar-refractivity contribution in [2.45, 2.75) is 64.8 Å². The third-order valence-electron chi connectivity index (χ3n) is 7.00. The van der Waals surface area contributed by atoms with E-state index in [0.717, 1.165) is 30.9 Å². The summed E-state index contributed by atoms with van der Waals surface area (Å²) in [5.41, 5.74) is 0.990. The van der Waals surface area contributed by atoms with Gasteiger partial charge in [-0.1, -0.05) is 37.4 Å². The van der Waals surface area contributed by atoms with Gasteiger partial charge in [0.05, 0.1) is 25.8 Å². The van der Waals surface area contributed by atoms with Gasteiger partial charge in [-0.3, -0.25) is 9.59 Å². The van der Waals surface area contributed by atoms with Crippen molar-refractivity contribution < 1.29 is 38.5 Å². The first-order valence-electron chi connectivity index (χ1n) is 15.6. The average Bonchev–Trinajstić information content (AvgIpc) is 3.57. The van der Waals surface area contributed by atoms with Crippen molar-refractivity contribution in [2.24, 2.45) is 0 Å². The van der Waals surface area contributed by atoms with Crippen LogP contribution in [0, 0.1) is 0 Å². The quantitative estimate of drug-likeness (QED) is 0.115. The van der Waals surface area contributed by atoms with Gasteiger partial charge in [0.15, 0.2) is 6.23 Å². The van der Waals surface area contributed by atoms with Gasteiger partial charge in [0.2, 0.25) is 5.95 Å². The van der Waals surface area contributed by atoms with Crippen LogP contribution >= 0.6 is 11.6 Å². The summed E-state index contributed by atoms with van der Waals surface area (Å²) in [6, 6.07) is 6.98. The van der Waals surface area contributed by atoms with Crippen molar-refractivity contribution in [3.05, 3.63) is 77.0 Å². The van der Waals surface area contributed by atoms with Crippen LogP contribution in [-0.2, 0) is 36.9 Å². The zero-order valence-electron chi connectivity index (χ0n) is 27.6.